The van der Waals surface area contributed by atoms with Gasteiger partial charge in [0.2, 0.25) is 0 Å². The van der Waals surface area contributed by atoms with Crippen LogP contribution in [0.25, 0.3) is 21.0 Å². The molecule has 3 heterocycles. The second-order valence-corrected chi connectivity index (χ2v) is 9.63. The maximum atomic E-state index is 12.9. The van der Waals surface area contributed by atoms with Crippen molar-refractivity contribution < 1.29 is 9.53 Å². The topological polar surface area (TPSA) is 107 Å². The van der Waals surface area contributed by atoms with Crippen LogP contribution >= 0.6 is 11.3 Å². The van der Waals surface area contributed by atoms with Crippen LogP contribution in [0.15, 0.2) is 33.9 Å². The van der Waals surface area contributed by atoms with Crippen molar-refractivity contribution in [2.75, 3.05) is 0 Å². The molecule has 0 saturated carbocycles. The molecule has 9 heteroatoms. The number of carbonyl (C=O) groups is 1. The number of hydrogen-bond donors (Lipinski definition) is 1. The summed E-state index contributed by atoms with van der Waals surface area (Å²) in [6.07, 6.45) is 3.63. The highest BCUT2D eigenvalue weighted by molar-refractivity contribution is 7.18. The average molecular weight is 465 g/mol. The van der Waals surface area contributed by atoms with Crippen LogP contribution in [0.1, 0.15) is 53.4 Å². The molecule has 4 aromatic rings. The number of ether oxygens (including phenoxy) is 1. The van der Waals surface area contributed by atoms with E-state index in [1.807, 2.05) is 6.92 Å². The monoisotopic (exact) mass is 464 g/mol. The van der Waals surface area contributed by atoms with Gasteiger partial charge in [0.25, 0.3) is 11.1 Å². The number of hydrogen-bond acceptors (Lipinski definition) is 7. The number of benzene rings is 1. The molecule has 0 aliphatic heterocycles. The highest BCUT2D eigenvalue weighted by Gasteiger charge is 2.23. The number of thiophene rings is 1. The first-order valence-corrected chi connectivity index (χ1v) is 12.0. The predicted octanol–water partition coefficient (Wildman–Crippen LogP) is 3.59. The Morgan fingerprint density at radius 1 is 1.27 bits per heavy atom. The minimum Gasteiger partial charge on any atom is -0.453 e. The average Bonchev–Trinajstić information content (AvgIpc) is 3.17. The van der Waals surface area contributed by atoms with Crippen molar-refractivity contribution in [3.05, 3.63) is 66.9 Å². The number of rotatable bonds is 5. The number of H-pyrrole nitrogens is 1. The zero-order valence-electron chi connectivity index (χ0n) is 18.5. The van der Waals surface area contributed by atoms with Gasteiger partial charge in [0.1, 0.15) is 17.3 Å². The van der Waals surface area contributed by atoms with Crippen LogP contribution < -0.4 is 11.1 Å². The van der Waals surface area contributed by atoms with Crippen LogP contribution in [0, 0.1) is 5.92 Å². The standard InChI is InChI=1S/C24H24N4O4S/c1-3-10-28-23(30)15-7-5-4-6-14(15)20(27-28)24(31)32-12-18-25-21(29)19-16-9-8-13(2)11-17(16)33-22(19)26-18/h4-7,13H,3,8-12H2,1-2H3,(H,25,26,29)/t13-/m0/s1. The lowest BCUT2D eigenvalue weighted by molar-refractivity contribution is 0.0455. The van der Waals surface area contributed by atoms with Gasteiger partial charge >= 0.3 is 5.97 Å². The lowest BCUT2D eigenvalue weighted by atomic mass is 9.89. The van der Waals surface area contributed by atoms with Gasteiger partial charge in [-0.1, -0.05) is 32.0 Å². The normalized spacial score (nSPS) is 15.6. The molecule has 1 aromatic carbocycles. The number of aromatic amines is 1. The van der Waals surface area contributed by atoms with Crippen molar-refractivity contribution >= 4 is 38.3 Å². The first-order valence-electron chi connectivity index (χ1n) is 11.2. The highest BCUT2D eigenvalue weighted by atomic mass is 32.1. The summed E-state index contributed by atoms with van der Waals surface area (Å²) in [7, 11) is 0. The Kier molecular flexibility index (Phi) is 5.57. The van der Waals surface area contributed by atoms with E-state index in [0.717, 1.165) is 24.8 Å². The van der Waals surface area contributed by atoms with Crippen LogP contribution in [0.2, 0.25) is 0 Å². The molecule has 1 aliphatic carbocycles. The largest absolute Gasteiger partial charge is 0.453 e. The Morgan fingerprint density at radius 2 is 2.06 bits per heavy atom. The maximum Gasteiger partial charge on any atom is 0.359 e. The lowest BCUT2D eigenvalue weighted by Crippen LogP contribution is -2.26. The minimum atomic E-state index is -0.668. The second kappa shape index (κ2) is 8.55. The van der Waals surface area contributed by atoms with Gasteiger partial charge in [-0.2, -0.15) is 5.10 Å². The van der Waals surface area contributed by atoms with Gasteiger partial charge in [0, 0.05) is 16.8 Å². The van der Waals surface area contributed by atoms with Crippen LogP contribution in [0.5, 0.6) is 0 Å². The van der Waals surface area contributed by atoms with E-state index in [9.17, 15) is 14.4 Å². The molecule has 1 N–H and O–H groups in total. The first kappa shape index (κ1) is 21.5. The van der Waals surface area contributed by atoms with Gasteiger partial charge in [-0.25, -0.2) is 14.5 Å². The molecule has 1 atom stereocenters. The van der Waals surface area contributed by atoms with Crippen molar-refractivity contribution in [1.29, 1.82) is 0 Å². The summed E-state index contributed by atoms with van der Waals surface area (Å²) in [4.78, 5) is 47.6. The van der Waals surface area contributed by atoms with E-state index in [0.29, 0.717) is 45.7 Å². The molecular formula is C24H24N4O4S. The summed E-state index contributed by atoms with van der Waals surface area (Å²) < 4.78 is 6.77. The number of fused-ring (bicyclic) bond motifs is 4. The van der Waals surface area contributed by atoms with Crippen molar-refractivity contribution in [2.24, 2.45) is 5.92 Å². The Labute approximate surface area is 193 Å². The summed E-state index contributed by atoms with van der Waals surface area (Å²) in [6.45, 7) is 4.36. The molecule has 0 saturated heterocycles. The molecule has 0 spiro atoms. The van der Waals surface area contributed by atoms with Crippen LogP contribution in [0.4, 0.5) is 0 Å². The molecule has 8 nitrogen and oxygen atoms in total. The molecule has 3 aromatic heterocycles. The molecule has 1 aliphatic rings. The van der Waals surface area contributed by atoms with E-state index in [4.69, 9.17) is 4.74 Å². The van der Waals surface area contributed by atoms with Crippen LogP contribution in [-0.2, 0) is 30.7 Å². The Morgan fingerprint density at radius 3 is 2.85 bits per heavy atom. The number of nitrogens with one attached hydrogen (secondary N) is 1. The lowest BCUT2D eigenvalue weighted by Gasteiger charge is -2.17. The van der Waals surface area contributed by atoms with Gasteiger partial charge in [-0.05, 0) is 43.2 Å². The van der Waals surface area contributed by atoms with E-state index in [1.54, 1.807) is 35.6 Å². The second-order valence-electron chi connectivity index (χ2n) is 8.54. The van der Waals surface area contributed by atoms with E-state index in [1.165, 1.54) is 9.56 Å². The number of aromatic nitrogens is 4. The SMILES string of the molecule is CCCn1nc(C(=O)OCc2nc3sc4c(c3c(=O)[nH]2)CC[C@H](C)C4)c2ccccc2c1=O. The molecule has 170 valence electrons. The summed E-state index contributed by atoms with van der Waals surface area (Å²) in [5, 5.41) is 5.78. The number of carbonyl (C=O) groups excluding carboxylic acids is 1. The number of esters is 1. The van der Waals surface area contributed by atoms with Crippen molar-refractivity contribution in [2.45, 2.75) is 52.7 Å². The van der Waals surface area contributed by atoms with E-state index >= 15 is 0 Å². The summed E-state index contributed by atoms with van der Waals surface area (Å²) >= 11 is 1.55. The third-order valence-corrected chi connectivity index (χ3v) is 7.20. The molecule has 0 radical (unpaired) electrons. The zero-order valence-corrected chi connectivity index (χ0v) is 19.3. The smallest absolute Gasteiger partial charge is 0.359 e. The predicted molar refractivity (Wildman–Crippen MR) is 127 cm³/mol. The molecule has 0 amide bonds. The molecular weight excluding hydrogens is 440 g/mol. The zero-order chi connectivity index (χ0) is 23.1. The Balaban J connectivity index is 1.45. The summed E-state index contributed by atoms with van der Waals surface area (Å²) in [6, 6.07) is 6.85. The van der Waals surface area contributed by atoms with Gasteiger partial charge in [-0.15, -0.1) is 11.3 Å². The van der Waals surface area contributed by atoms with Crippen molar-refractivity contribution in [3.63, 3.8) is 0 Å². The van der Waals surface area contributed by atoms with E-state index < -0.39 is 5.97 Å². The fraction of sp³-hybridized carbons (Fsp3) is 0.375. The minimum absolute atomic E-state index is 0.0719. The fourth-order valence-corrected chi connectivity index (χ4v) is 5.82. The van der Waals surface area contributed by atoms with Crippen molar-refractivity contribution in [1.82, 2.24) is 19.7 Å². The van der Waals surface area contributed by atoms with E-state index in [-0.39, 0.29) is 23.4 Å². The van der Waals surface area contributed by atoms with Gasteiger partial charge in [0.15, 0.2) is 5.69 Å². The van der Waals surface area contributed by atoms with Gasteiger partial charge in [0.05, 0.1) is 10.8 Å². The number of aryl methyl sites for hydroxylation is 2. The van der Waals surface area contributed by atoms with Crippen LogP contribution in [-0.4, -0.2) is 25.7 Å². The Hall–Kier alpha value is -3.33. The summed E-state index contributed by atoms with van der Waals surface area (Å²) in [5.74, 6) is 0.222. The maximum absolute atomic E-state index is 12.9. The first-order chi connectivity index (χ1) is 16.0. The van der Waals surface area contributed by atoms with Gasteiger partial charge < -0.3 is 9.72 Å². The molecule has 0 bridgehead atoms. The quantitative estimate of drug-likeness (QED) is 0.453. The van der Waals surface area contributed by atoms with Crippen LogP contribution in [0.3, 0.4) is 0 Å². The van der Waals surface area contributed by atoms with Crippen molar-refractivity contribution in [3.8, 4) is 0 Å². The van der Waals surface area contributed by atoms with E-state index in [2.05, 4.69) is 22.0 Å². The third kappa shape index (κ3) is 3.86. The molecule has 0 unspecified atom stereocenters. The number of nitrogens with zero attached hydrogens (tertiary/aromatic N) is 3. The molecule has 0 fully saturated rings. The molecule has 33 heavy (non-hydrogen) atoms. The fourth-order valence-electron chi connectivity index (χ4n) is 4.41. The van der Waals surface area contributed by atoms with Gasteiger partial charge in [-0.3, -0.25) is 9.59 Å². The third-order valence-electron chi connectivity index (χ3n) is 6.05. The highest BCUT2D eigenvalue weighted by Crippen LogP contribution is 2.35. The Bertz CT molecular complexity index is 1500. The molecule has 5 rings (SSSR count). The summed E-state index contributed by atoms with van der Waals surface area (Å²) in [5.41, 5.74) is 0.747.